The van der Waals surface area contributed by atoms with Crippen LogP contribution in [0, 0.1) is 12.8 Å². The standard InChI is InChI=1S/C21H31N3O4S/c1-15(2)11-17(14-24(4)5)23-21(25)20-12-19(9-8-16(20)3)29(26,27)22-13-18-7-6-10-28-18/h6-10,12,15,17,22H,11,13-14H2,1-5H3,(H,23,25). The van der Waals surface area contributed by atoms with Crippen LogP contribution < -0.4 is 10.0 Å². The number of nitrogens with zero attached hydrogens (tertiary/aromatic N) is 1. The molecule has 0 aliphatic carbocycles. The predicted octanol–water partition coefficient (Wildman–Crippen LogP) is 2.77. The molecule has 1 aromatic heterocycles. The van der Waals surface area contributed by atoms with Crippen LogP contribution in [0.2, 0.25) is 0 Å². The highest BCUT2D eigenvalue weighted by Crippen LogP contribution is 2.17. The van der Waals surface area contributed by atoms with Crippen LogP contribution in [0.4, 0.5) is 0 Å². The third-order valence-electron chi connectivity index (χ3n) is 4.46. The maximum absolute atomic E-state index is 12.9. The van der Waals surface area contributed by atoms with Gasteiger partial charge < -0.3 is 14.6 Å². The minimum absolute atomic E-state index is 0.0192. The number of furan rings is 1. The van der Waals surface area contributed by atoms with E-state index in [-0.39, 0.29) is 23.4 Å². The highest BCUT2D eigenvalue weighted by atomic mass is 32.2. The van der Waals surface area contributed by atoms with Gasteiger partial charge in [0, 0.05) is 18.2 Å². The van der Waals surface area contributed by atoms with Gasteiger partial charge in [-0.05, 0) is 63.2 Å². The Hall–Kier alpha value is -2.16. The molecule has 160 valence electrons. The van der Waals surface area contributed by atoms with E-state index >= 15 is 0 Å². The Balaban J connectivity index is 2.18. The molecule has 1 aromatic carbocycles. The molecule has 8 heteroatoms. The lowest BCUT2D eigenvalue weighted by atomic mass is 10.0. The zero-order valence-electron chi connectivity index (χ0n) is 17.7. The van der Waals surface area contributed by atoms with Crippen molar-refractivity contribution in [3.63, 3.8) is 0 Å². The third kappa shape index (κ3) is 6.99. The molecule has 2 aromatic rings. The number of hydrogen-bond donors (Lipinski definition) is 2. The van der Waals surface area contributed by atoms with E-state index in [1.807, 2.05) is 19.0 Å². The van der Waals surface area contributed by atoms with Crippen molar-refractivity contribution in [1.82, 2.24) is 14.9 Å². The van der Waals surface area contributed by atoms with Crippen molar-refractivity contribution in [2.75, 3.05) is 20.6 Å². The Morgan fingerprint density at radius 3 is 2.52 bits per heavy atom. The van der Waals surface area contributed by atoms with E-state index in [2.05, 4.69) is 23.9 Å². The number of carbonyl (C=O) groups is 1. The van der Waals surface area contributed by atoms with Crippen molar-refractivity contribution in [2.45, 2.75) is 44.7 Å². The second kappa shape index (κ2) is 10.0. The topological polar surface area (TPSA) is 91.6 Å². The SMILES string of the molecule is Cc1ccc(S(=O)(=O)NCc2ccco2)cc1C(=O)NC(CC(C)C)CN(C)C. The van der Waals surface area contributed by atoms with Crippen LogP contribution in [-0.2, 0) is 16.6 Å². The van der Waals surface area contributed by atoms with Crippen LogP contribution >= 0.6 is 0 Å². The van der Waals surface area contributed by atoms with Crippen molar-refractivity contribution in [3.8, 4) is 0 Å². The summed E-state index contributed by atoms with van der Waals surface area (Å²) in [6, 6.07) is 7.95. The maximum atomic E-state index is 12.9. The molecule has 1 atom stereocenters. The van der Waals surface area contributed by atoms with Gasteiger partial charge in [-0.25, -0.2) is 13.1 Å². The van der Waals surface area contributed by atoms with Crippen molar-refractivity contribution in [2.24, 2.45) is 5.92 Å². The van der Waals surface area contributed by atoms with Gasteiger partial charge in [0.2, 0.25) is 10.0 Å². The number of benzene rings is 1. The molecule has 0 saturated heterocycles. The highest BCUT2D eigenvalue weighted by molar-refractivity contribution is 7.89. The van der Waals surface area contributed by atoms with E-state index in [1.165, 1.54) is 18.4 Å². The predicted molar refractivity (Wildman–Crippen MR) is 113 cm³/mol. The first-order valence-corrected chi connectivity index (χ1v) is 11.1. The van der Waals surface area contributed by atoms with Gasteiger partial charge in [0.25, 0.3) is 5.91 Å². The first-order chi connectivity index (χ1) is 13.6. The van der Waals surface area contributed by atoms with E-state index in [4.69, 9.17) is 4.42 Å². The van der Waals surface area contributed by atoms with Crippen molar-refractivity contribution in [3.05, 3.63) is 53.5 Å². The third-order valence-corrected chi connectivity index (χ3v) is 5.86. The fourth-order valence-electron chi connectivity index (χ4n) is 3.13. The number of likely N-dealkylation sites (N-methyl/N-ethyl adjacent to an activating group) is 1. The molecule has 0 bridgehead atoms. The average Bonchev–Trinajstić information content (AvgIpc) is 3.12. The first-order valence-electron chi connectivity index (χ1n) is 9.66. The van der Waals surface area contributed by atoms with E-state index in [9.17, 15) is 13.2 Å². The summed E-state index contributed by atoms with van der Waals surface area (Å²) >= 11 is 0. The van der Waals surface area contributed by atoms with Gasteiger partial charge >= 0.3 is 0 Å². The van der Waals surface area contributed by atoms with Crippen molar-refractivity contribution >= 4 is 15.9 Å². The number of rotatable bonds is 10. The summed E-state index contributed by atoms with van der Waals surface area (Å²) in [7, 11) is 0.148. The molecule has 0 saturated carbocycles. The molecule has 2 rings (SSSR count). The van der Waals surface area contributed by atoms with E-state index in [0.717, 1.165) is 12.0 Å². The van der Waals surface area contributed by atoms with Crippen LogP contribution in [0.5, 0.6) is 0 Å². The number of carbonyl (C=O) groups excluding carboxylic acids is 1. The van der Waals surface area contributed by atoms with Gasteiger partial charge in [0.15, 0.2) is 0 Å². The van der Waals surface area contributed by atoms with Crippen molar-refractivity contribution in [1.29, 1.82) is 0 Å². The van der Waals surface area contributed by atoms with Crippen LogP contribution in [0.25, 0.3) is 0 Å². The molecule has 0 spiro atoms. The summed E-state index contributed by atoms with van der Waals surface area (Å²) in [5, 5.41) is 3.06. The number of sulfonamides is 1. The minimum Gasteiger partial charge on any atom is -0.468 e. The van der Waals surface area contributed by atoms with Crippen molar-refractivity contribution < 1.29 is 17.6 Å². The molecular formula is C21H31N3O4S. The van der Waals surface area contributed by atoms with Gasteiger partial charge in [0.05, 0.1) is 17.7 Å². The normalized spacial score (nSPS) is 13.1. The Morgan fingerprint density at radius 1 is 1.21 bits per heavy atom. The summed E-state index contributed by atoms with van der Waals surface area (Å²) in [4.78, 5) is 15.0. The minimum atomic E-state index is -3.77. The summed E-state index contributed by atoms with van der Waals surface area (Å²) in [5.41, 5.74) is 1.08. The molecule has 0 fully saturated rings. The molecule has 7 nitrogen and oxygen atoms in total. The molecule has 0 aliphatic rings. The lowest BCUT2D eigenvalue weighted by molar-refractivity contribution is 0.0923. The smallest absolute Gasteiger partial charge is 0.251 e. The number of nitrogens with one attached hydrogen (secondary N) is 2. The van der Waals surface area contributed by atoms with Crippen LogP contribution in [-0.4, -0.2) is 45.9 Å². The number of aryl methyl sites for hydroxylation is 1. The van der Waals surface area contributed by atoms with E-state index in [1.54, 1.807) is 25.1 Å². The van der Waals surface area contributed by atoms with Gasteiger partial charge in [-0.15, -0.1) is 0 Å². The van der Waals surface area contributed by atoms with E-state index in [0.29, 0.717) is 23.8 Å². The maximum Gasteiger partial charge on any atom is 0.251 e. The zero-order chi connectivity index (χ0) is 21.6. The number of hydrogen-bond acceptors (Lipinski definition) is 5. The summed E-state index contributed by atoms with van der Waals surface area (Å²) in [5.74, 6) is 0.677. The van der Waals surface area contributed by atoms with Gasteiger partial charge in [-0.1, -0.05) is 19.9 Å². The van der Waals surface area contributed by atoms with Crippen LogP contribution in [0.15, 0.2) is 45.9 Å². The van der Waals surface area contributed by atoms with Gasteiger partial charge in [-0.2, -0.15) is 0 Å². The summed E-state index contributed by atoms with van der Waals surface area (Å²) in [6.45, 7) is 6.77. The molecule has 1 heterocycles. The zero-order valence-corrected chi connectivity index (χ0v) is 18.5. The van der Waals surface area contributed by atoms with Crippen LogP contribution in [0.3, 0.4) is 0 Å². The molecule has 1 unspecified atom stereocenters. The number of amides is 1. The quantitative estimate of drug-likeness (QED) is 0.615. The van der Waals surface area contributed by atoms with Crippen LogP contribution in [0.1, 0.15) is 41.9 Å². The van der Waals surface area contributed by atoms with E-state index < -0.39 is 10.0 Å². The monoisotopic (exact) mass is 421 g/mol. The van der Waals surface area contributed by atoms with Gasteiger partial charge in [-0.3, -0.25) is 4.79 Å². The average molecular weight is 422 g/mol. The second-order valence-electron chi connectivity index (χ2n) is 7.94. The second-order valence-corrected chi connectivity index (χ2v) is 9.71. The first kappa shape index (κ1) is 23.1. The molecule has 0 aliphatic heterocycles. The molecule has 0 radical (unpaired) electrons. The highest BCUT2D eigenvalue weighted by Gasteiger charge is 2.21. The largest absolute Gasteiger partial charge is 0.468 e. The molecule has 29 heavy (non-hydrogen) atoms. The summed E-state index contributed by atoms with van der Waals surface area (Å²) in [6.07, 6.45) is 2.32. The fourth-order valence-corrected chi connectivity index (χ4v) is 4.15. The lowest BCUT2D eigenvalue weighted by Crippen LogP contribution is -2.42. The fraction of sp³-hybridized carbons (Fsp3) is 0.476. The lowest BCUT2D eigenvalue weighted by Gasteiger charge is -2.24. The Kier molecular flexibility index (Phi) is 8.01. The Labute approximate surface area is 173 Å². The Bertz CT molecular complexity index is 896. The molecule has 1 amide bonds. The summed E-state index contributed by atoms with van der Waals surface area (Å²) < 4.78 is 32.9. The Morgan fingerprint density at radius 2 is 1.93 bits per heavy atom. The molecule has 2 N–H and O–H groups in total. The van der Waals surface area contributed by atoms with Gasteiger partial charge in [0.1, 0.15) is 5.76 Å². The molecular weight excluding hydrogens is 390 g/mol.